The number of benzene rings is 1. The largest absolute Gasteiger partial charge is 0.436 e. The molecule has 0 aliphatic carbocycles. The van der Waals surface area contributed by atoms with Gasteiger partial charge in [0.2, 0.25) is 5.95 Å². The molecule has 0 bridgehead atoms. The van der Waals surface area contributed by atoms with Gasteiger partial charge in [0.05, 0.1) is 6.33 Å². The lowest BCUT2D eigenvalue weighted by atomic mass is 10.1. The normalized spacial score (nSPS) is 10.9. The molecule has 20 heavy (non-hydrogen) atoms. The van der Waals surface area contributed by atoms with Crippen molar-refractivity contribution in [2.75, 3.05) is 5.73 Å². The lowest BCUT2D eigenvalue weighted by Crippen LogP contribution is -2.00. The smallest absolute Gasteiger partial charge is 0.250 e. The van der Waals surface area contributed by atoms with E-state index in [2.05, 4.69) is 19.9 Å². The van der Waals surface area contributed by atoms with Gasteiger partial charge in [0.1, 0.15) is 11.3 Å². The second kappa shape index (κ2) is 4.64. The van der Waals surface area contributed by atoms with Crippen molar-refractivity contribution in [1.82, 2.24) is 19.9 Å². The molecule has 0 aliphatic heterocycles. The zero-order chi connectivity index (χ0) is 14.3. The maximum Gasteiger partial charge on any atom is 0.250 e. The van der Waals surface area contributed by atoms with Crippen LogP contribution >= 0.6 is 11.6 Å². The Morgan fingerprint density at radius 1 is 1.20 bits per heavy atom. The maximum atomic E-state index is 6.01. The summed E-state index contributed by atoms with van der Waals surface area (Å²) in [5.74, 6) is 1.16. The van der Waals surface area contributed by atoms with Crippen molar-refractivity contribution in [2.24, 2.45) is 0 Å². The van der Waals surface area contributed by atoms with Crippen LogP contribution in [0.25, 0.3) is 11.2 Å². The van der Waals surface area contributed by atoms with Gasteiger partial charge in [0.25, 0.3) is 5.88 Å². The second-order valence-electron chi connectivity index (χ2n) is 4.46. The summed E-state index contributed by atoms with van der Waals surface area (Å²) in [5.41, 5.74) is 8.57. The number of aromatic nitrogens is 4. The molecular weight excluding hydrogens is 278 g/mol. The zero-order valence-corrected chi connectivity index (χ0v) is 11.7. The molecule has 0 spiro atoms. The number of anilines is 1. The molecule has 2 aromatic heterocycles. The number of nitrogens with zero attached hydrogens (tertiary/aromatic N) is 3. The number of aromatic amines is 1. The van der Waals surface area contributed by atoms with E-state index in [4.69, 9.17) is 22.1 Å². The van der Waals surface area contributed by atoms with Gasteiger partial charge in [-0.2, -0.15) is 9.97 Å². The summed E-state index contributed by atoms with van der Waals surface area (Å²) >= 11 is 6.01. The van der Waals surface area contributed by atoms with Gasteiger partial charge in [-0.15, -0.1) is 0 Å². The molecule has 3 aromatic rings. The Morgan fingerprint density at radius 3 is 2.60 bits per heavy atom. The fraction of sp³-hybridized carbons (Fsp3) is 0.154. The third kappa shape index (κ3) is 2.14. The molecular formula is C13H12ClN5O. The Hall–Kier alpha value is -2.34. The van der Waals surface area contributed by atoms with Gasteiger partial charge in [-0.25, -0.2) is 4.98 Å². The monoisotopic (exact) mass is 289 g/mol. The Labute approximate surface area is 120 Å². The third-order valence-electron chi connectivity index (χ3n) is 2.89. The van der Waals surface area contributed by atoms with E-state index in [9.17, 15) is 0 Å². The van der Waals surface area contributed by atoms with E-state index in [1.807, 2.05) is 26.0 Å². The van der Waals surface area contributed by atoms with Crippen LogP contribution < -0.4 is 10.5 Å². The molecule has 3 rings (SSSR count). The average Bonchev–Trinajstić information content (AvgIpc) is 2.81. The number of H-pyrrole nitrogens is 1. The molecule has 6 nitrogen and oxygen atoms in total. The number of ether oxygens (including phenoxy) is 1. The van der Waals surface area contributed by atoms with Crippen LogP contribution in [0.5, 0.6) is 11.6 Å². The number of hydrogen-bond donors (Lipinski definition) is 2. The molecule has 1 aromatic carbocycles. The van der Waals surface area contributed by atoms with Gasteiger partial charge in [0.15, 0.2) is 5.65 Å². The highest BCUT2D eigenvalue weighted by molar-refractivity contribution is 6.30. The van der Waals surface area contributed by atoms with Crippen molar-refractivity contribution in [3.63, 3.8) is 0 Å². The van der Waals surface area contributed by atoms with Crippen LogP contribution in [-0.2, 0) is 0 Å². The number of aryl methyl sites for hydroxylation is 2. The molecule has 0 saturated carbocycles. The second-order valence-corrected chi connectivity index (χ2v) is 4.90. The molecule has 102 valence electrons. The number of nitrogen functional groups attached to an aromatic ring is 1. The number of hydrogen-bond acceptors (Lipinski definition) is 5. The Morgan fingerprint density at radius 2 is 1.90 bits per heavy atom. The molecule has 0 saturated heterocycles. The van der Waals surface area contributed by atoms with E-state index >= 15 is 0 Å². The van der Waals surface area contributed by atoms with E-state index in [0.29, 0.717) is 27.8 Å². The molecule has 0 amide bonds. The first-order valence-corrected chi connectivity index (χ1v) is 6.33. The van der Waals surface area contributed by atoms with Crippen molar-refractivity contribution >= 4 is 28.7 Å². The zero-order valence-electron chi connectivity index (χ0n) is 10.9. The first kappa shape index (κ1) is 12.7. The van der Waals surface area contributed by atoms with Crippen molar-refractivity contribution in [3.8, 4) is 11.6 Å². The highest BCUT2D eigenvalue weighted by atomic mass is 35.5. The van der Waals surface area contributed by atoms with Gasteiger partial charge in [-0.1, -0.05) is 11.6 Å². The average molecular weight is 290 g/mol. The topological polar surface area (TPSA) is 89.7 Å². The van der Waals surface area contributed by atoms with Crippen LogP contribution in [0.4, 0.5) is 5.95 Å². The van der Waals surface area contributed by atoms with Gasteiger partial charge in [-0.3, -0.25) is 0 Å². The summed E-state index contributed by atoms with van der Waals surface area (Å²) in [6.07, 6.45) is 1.52. The van der Waals surface area contributed by atoms with Gasteiger partial charge in [0, 0.05) is 5.02 Å². The summed E-state index contributed by atoms with van der Waals surface area (Å²) < 4.78 is 5.89. The third-order valence-corrected chi connectivity index (χ3v) is 3.11. The number of nitrogens with one attached hydrogen (secondary N) is 1. The summed E-state index contributed by atoms with van der Waals surface area (Å²) in [4.78, 5) is 15.1. The Balaban J connectivity index is 2.12. The van der Waals surface area contributed by atoms with Crippen LogP contribution in [-0.4, -0.2) is 19.9 Å². The maximum absolute atomic E-state index is 6.01. The first-order valence-electron chi connectivity index (χ1n) is 5.96. The van der Waals surface area contributed by atoms with Gasteiger partial charge < -0.3 is 15.5 Å². The summed E-state index contributed by atoms with van der Waals surface area (Å²) in [6.45, 7) is 3.84. The van der Waals surface area contributed by atoms with E-state index in [-0.39, 0.29) is 5.95 Å². The number of imidazole rings is 1. The van der Waals surface area contributed by atoms with Crippen LogP contribution in [0.3, 0.4) is 0 Å². The van der Waals surface area contributed by atoms with Crippen molar-refractivity contribution in [1.29, 1.82) is 0 Å². The van der Waals surface area contributed by atoms with Crippen LogP contribution in [0.15, 0.2) is 18.5 Å². The summed E-state index contributed by atoms with van der Waals surface area (Å²) in [6, 6.07) is 3.66. The summed E-state index contributed by atoms with van der Waals surface area (Å²) in [5, 5.41) is 0.668. The van der Waals surface area contributed by atoms with Crippen LogP contribution in [0.1, 0.15) is 11.1 Å². The fourth-order valence-corrected chi connectivity index (χ4v) is 2.38. The lowest BCUT2D eigenvalue weighted by molar-refractivity contribution is 0.461. The quantitative estimate of drug-likeness (QED) is 0.757. The highest BCUT2D eigenvalue weighted by Gasteiger charge is 2.13. The standard InChI is InChI=1S/C13H12ClN5O/c1-6-3-8(14)4-7(2)10(6)20-12-9-11(17-5-16-9)18-13(15)19-12/h3-5H,1-2H3,(H3,15,16,17,18,19). The first-order chi connectivity index (χ1) is 9.54. The number of fused-ring (bicyclic) bond motifs is 1. The highest BCUT2D eigenvalue weighted by Crippen LogP contribution is 2.32. The molecule has 0 aliphatic rings. The molecule has 0 fully saturated rings. The lowest BCUT2D eigenvalue weighted by Gasteiger charge is -2.12. The minimum absolute atomic E-state index is 0.115. The van der Waals surface area contributed by atoms with E-state index in [1.165, 1.54) is 6.33 Å². The predicted molar refractivity (Wildman–Crippen MR) is 77.1 cm³/mol. The molecule has 2 heterocycles. The van der Waals surface area contributed by atoms with Gasteiger partial charge >= 0.3 is 0 Å². The van der Waals surface area contributed by atoms with Crippen LogP contribution in [0.2, 0.25) is 5.02 Å². The SMILES string of the molecule is Cc1cc(Cl)cc(C)c1Oc1nc(N)nc2nc[nH]c12. The number of rotatable bonds is 2. The number of nitrogens with two attached hydrogens (primary N) is 1. The van der Waals surface area contributed by atoms with E-state index in [1.54, 1.807) is 0 Å². The van der Waals surface area contributed by atoms with Gasteiger partial charge in [-0.05, 0) is 37.1 Å². The Kier molecular flexibility index (Phi) is 2.94. The van der Waals surface area contributed by atoms with Crippen molar-refractivity contribution in [2.45, 2.75) is 13.8 Å². The molecule has 0 unspecified atom stereocenters. The predicted octanol–water partition coefficient (Wildman–Crippen LogP) is 3.00. The molecule has 0 atom stereocenters. The Bertz CT molecular complexity index is 776. The minimum Gasteiger partial charge on any atom is -0.436 e. The molecule has 3 N–H and O–H groups in total. The minimum atomic E-state index is 0.115. The van der Waals surface area contributed by atoms with Crippen LogP contribution in [0, 0.1) is 13.8 Å². The molecule has 0 radical (unpaired) electrons. The molecule has 7 heteroatoms. The fourth-order valence-electron chi connectivity index (χ4n) is 2.05. The van der Waals surface area contributed by atoms with Crippen molar-refractivity contribution < 1.29 is 4.74 Å². The van der Waals surface area contributed by atoms with E-state index < -0.39 is 0 Å². The van der Waals surface area contributed by atoms with Crippen molar-refractivity contribution in [3.05, 3.63) is 34.6 Å². The van der Waals surface area contributed by atoms with E-state index in [0.717, 1.165) is 11.1 Å². The number of halogens is 1. The summed E-state index contributed by atoms with van der Waals surface area (Å²) in [7, 11) is 0.